The fourth-order valence-corrected chi connectivity index (χ4v) is 7.84. The van der Waals surface area contributed by atoms with E-state index in [1.54, 1.807) is 10.8 Å². The Kier molecular flexibility index (Phi) is 9.67. The van der Waals surface area contributed by atoms with Crippen LogP contribution in [0.5, 0.6) is 5.75 Å². The second kappa shape index (κ2) is 13.7. The van der Waals surface area contributed by atoms with E-state index in [-0.39, 0.29) is 37.8 Å². The minimum absolute atomic E-state index is 0.0827. The minimum atomic E-state index is -4.51. The van der Waals surface area contributed by atoms with Crippen molar-refractivity contribution < 1.29 is 52.3 Å². The molecular formula is C29H17ClF7N7O5S3. The summed E-state index contributed by atoms with van der Waals surface area (Å²) in [6.07, 6.45) is -2.21. The molecule has 0 saturated heterocycles. The van der Waals surface area contributed by atoms with Gasteiger partial charge in [-0.2, -0.15) is 40.1 Å². The Bertz CT molecular complexity index is 2690. The lowest BCUT2D eigenvalue weighted by molar-refractivity contribution is -0.137. The maximum Gasteiger partial charge on any atom is 0.416 e. The van der Waals surface area contributed by atoms with Crippen LogP contribution in [0.15, 0.2) is 82.8 Å². The largest absolute Gasteiger partial charge is 0.430 e. The van der Waals surface area contributed by atoms with Gasteiger partial charge in [-0.05, 0) is 48.5 Å². The summed E-state index contributed by atoms with van der Waals surface area (Å²) in [7, 11) is -8.37. The number of hydrogen-bond donors (Lipinski definition) is 4. The van der Waals surface area contributed by atoms with Crippen LogP contribution in [0, 0.1) is 11.8 Å². The molecule has 4 heterocycles. The first-order valence-electron chi connectivity index (χ1n) is 13.9. The molecule has 0 aliphatic carbocycles. The van der Waals surface area contributed by atoms with Gasteiger partial charge in [0.05, 0.1) is 23.0 Å². The second-order valence-corrected chi connectivity index (χ2v) is 14.7. The Hall–Kier alpha value is -5.19. The molecule has 0 atom stereocenters. The molecule has 7 aromatic rings. The number of sulfonamides is 2. The molecule has 0 aliphatic rings. The summed E-state index contributed by atoms with van der Waals surface area (Å²) >= 11 is 6.82. The maximum absolute atomic E-state index is 13.9. The van der Waals surface area contributed by atoms with Gasteiger partial charge in [0.15, 0.2) is 17.4 Å². The lowest BCUT2D eigenvalue weighted by Gasteiger charge is -2.10. The third-order valence-corrected chi connectivity index (χ3v) is 10.6. The molecule has 0 bridgehead atoms. The van der Waals surface area contributed by atoms with Crippen molar-refractivity contribution in [2.45, 2.75) is 22.6 Å². The zero-order valence-corrected chi connectivity index (χ0v) is 28.3. The number of H-pyrrole nitrogens is 2. The SMILES string of the molecule is O=S(=O)(Nc1ccc2nsnc2c1)c1c[nH]c2cc(C(F)(F)F)ccc12.O=S(=O)(Nc1nc(F)c(OC(F)F)cc1F)c1c[nH]c2cc(Cl)ccc12. The summed E-state index contributed by atoms with van der Waals surface area (Å²) in [4.78, 5) is 7.85. The summed E-state index contributed by atoms with van der Waals surface area (Å²) in [5.41, 5.74) is 1.10. The summed E-state index contributed by atoms with van der Waals surface area (Å²) < 4.78 is 156. The van der Waals surface area contributed by atoms with Gasteiger partial charge in [-0.15, -0.1) is 0 Å². The number of fused-ring (bicyclic) bond motifs is 3. The molecule has 4 N–H and O–H groups in total. The fraction of sp³-hybridized carbons (Fsp3) is 0.0690. The van der Waals surface area contributed by atoms with E-state index in [1.165, 1.54) is 30.3 Å². The van der Waals surface area contributed by atoms with Crippen molar-refractivity contribution in [2.75, 3.05) is 9.44 Å². The summed E-state index contributed by atoms with van der Waals surface area (Å²) in [6.45, 7) is -3.40. The van der Waals surface area contributed by atoms with Crippen LogP contribution in [0.25, 0.3) is 32.8 Å². The van der Waals surface area contributed by atoms with E-state index in [4.69, 9.17) is 11.6 Å². The zero-order chi connectivity index (χ0) is 37.6. The number of halogens is 8. The number of anilines is 2. The van der Waals surface area contributed by atoms with Crippen molar-refractivity contribution in [1.82, 2.24) is 23.7 Å². The topological polar surface area (TPSA) is 172 Å². The third kappa shape index (κ3) is 7.68. The molecule has 7 rings (SSSR count). The van der Waals surface area contributed by atoms with Crippen LogP contribution >= 0.6 is 23.3 Å². The Labute approximate surface area is 296 Å². The molecule has 0 radical (unpaired) electrons. The Morgan fingerprint density at radius 3 is 2.06 bits per heavy atom. The maximum atomic E-state index is 13.9. The number of rotatable bonds is 8. The fourth-order valence-electron chi connectivity index (χ4n) is 4.73. The number of hydrogen-bond acceptors (Lipinski definition) is 9. The third-order valence-electron chi connectivity index (χ3n) is 7.01. The predicted octanol–water partition coefficient (Wildman–Crippen LogP) is 7.89. The number of aromatic amines is 2. The highest BCUT2D eigenvalue weighted by Gasteiger charge is 2.31. The molecule has 0 aliphatic heterocycles. The van der Waals surface area contributed by atoms with Gasteiger partial charge in [0.2, 0.25) is 0 Å². The summed E-state index contributed by atoms with van der Waals surface area (Å²) in [5, 5.41) is 0.781. The van der Waals surface area contributed by atoms with Gasteiger partial charge in [-0.25, -0.2) is 21.2 Å². The zero-order valence-electron chi connectivity index (χ0n) is 25.1. The Morgan fingerprint density at radius 1 is 0.788 bits per heavy atom. The molecule has 12 nitrogen and oxygen atoms in total. The van der Waals surface area contributed by atoms with Crippen molar-refractivity contribution in [2.24, 2.45) is 0 Å². The highest BCUT2D eigenvalue weighted by atomic mass is 35.5. The number of aromatic nitrogens is 5. The molecular weight excluding hydrogens is 791 g/mol. The number of ether oxygens (including phenoxy) is 1. The predicted molar refractivity (Wildman–Crippen MR) is 176 cm³/mol. The lowest BCUT2D eigenvalue weighted by atomic mass is 10.1. The summed E-state index contributed by atoms with van der Waals surface area (Å²) in [6, 6.07) is 12.2. The van der Waals surface area contributed by atoms with Crippen molar-refractivity contribution in [3.05, 3.63) is 95.4 Å². The van der Waals surface area contributed by atoms with E-state index in [0.29, 0.717) is 21.6 Å². The van der Waals surface area contributed by atoms with Crippen LogP contribution in [-0.4, -0.2) is 47.1 Å². The molecule has 0 unspecified atom stereocenters. The highest BCUT2D eigenvalue weighted by molar-refractivity contribution is 7.93. The molecule has 52 heavy (non-hydrogen) atoms. The van der Waals surface area contributed by atoms with Gasteiger partial charge in [0, 0.05) is 45.3 Å². The Morgan fingerprint density at radius 2 is 1.40 bits per heavy atom. The number of nitrogens with one attached hydrogen (secondary N) is 4. The van der Waals surface area contributed by atoms with E-state index in [0.717, 1.165) is 42.3 Å². The number of pyridine rings is 1. The monoisotopic (exact) mass is 807 g/mol. The van der Waals surface area contributed by atoms with Gasteiger partial charge in [-0.3, -0.25) is 9.44 Å². The van der Waals surface area contributed by atoms with Gasteiger partial charge in [0.25, 0.3) is 26.0 Å². The van der Waals surface area contributed by atoms with E-state index < -0.39 is 61.7 Å². The van der Waals surface area contributed by atoms with Crippen molar-refractivity contribution >= 4 is 87.7 Å². The number of nitrogens with zero attached hydrogens (tertiary/aromatic N) is 3. The van der Waals surface area contributed by atoms with Gasteiger partial charge < -0.3 is 14.7 Å². The van der Waals surface area contributed by atoms with Crippen LogP contribution in [0.1, 0.15) is 5.56 Å². The summed E-state index contributed by atoms with van der Waals surface area (Å²) in [5.74, 6) is -5.15. The highest BCUT2D eigenvalue weighted by Crippen LogP contribution is 2.34. The van der Waals surface area contributed by atoms with E-state index >= 15 is 0 Å². The molecule has 272 valence electrons. The average Bonchev–Trinajstić information content (AvgIpc) is 3.81. The van der Waals surface area contributed by atoms with Crippen molar-refractivity contribution in [3.63, 3.8) is 0 Å². The van der Waals surface area contributed by atoms with E-state index in [2.05, 4.69) is 33.2 Å². The van der Waals surface area contributed by atoms with Gasteiger partial charge in [-0.1, -0.05) is 17.7 Å². The molecule has 4 aromatic heterocycles. The smallest absolute Gasteiger partial charge is 0.416 e. The molecule has 0 spiro atoms. The van der Waals surface area contributed by atoms with Crippen LogP contribution in [-0.2, 0) is 26.2 Å². The first-order chi connectivity index (χ1) is 24.4. The standard InChI is InChI=1S/C15H9F3N4O2S2.C14H8ClF4N3O3S/c16-15(17,18)8-1-3-10-12(5-8)19-7-14(10)26(23,24)22-9-2-4-11-13(6-9)21-25-20-11;15-6-1-2-7-9(3-6)20-5-11(7)26(23,24)22-13-8(16)4-10(12(17)21-13)25-14(18)19/h1-7,19,22H;1-5,14,20H,(H,21,22). The first-order valence-corrected chi connectivity index (χ1v) is 18.0. The molecule has 0 saturated carbocycles. The average molecular weight is 808 g/mol. The van der Waals surface area contributed by atoms with Gasteiger partial charge >= 0.3 is 12.8 Å². The quantitative estimate of drug-likeness (QED) is 0.0887. The van der Waals surface area contributed by atoms with E-state index in [9.17, 15) is 47.6 Å². The first kappa shape index (κ1) is 36.6. The van der Waals surface area contributed by atoms with Crippen LogP contribution in [0.4, 0.5) is 42.2 Å². The molecule has 3 aromatic carbocycles. The molecule has 23 heteroatoms. The van der Waals surface area contributed by atoms with Crippen LogP contribution < -0.4 is 14.2 Å². The lowest BCUT2D eigenvalue weighted by Crippen LogP contribution is -2.16. The van der Waals surface area contributed by atoms with E-state index in [1.807, 2.05) is 0 Å². The van der Waals surface area contributed by atoms with Crippen LogP contribution in [0.3, 0.4) is 0 Å². The Balaban J connectivity index is 0.000000179. The number of alkyl halides is 5. The molecule has 0 amide bonds. The van der Waals surface area contributed by atoms with Gasteiger partial charge in [0.1, 0.15) is 20.8 Å². The number of benzene rings is 3. The second-order valence-electron chi connectivity index (χ2n) is 10.4. The van der Waals surface area contributed by atoms with Crippen molar-refractivity contribution in [1.29, 1.82) is 0 Å². The van der Waals surface area contributed by atoms with Crippen molar-refractivity contribution in [3.8, 4) is 5.75 Å². The molecule has 0 fully saturated rings. The minimum Gasteiger partial charge on any atom is -0.430 e. The normalized spacial score (nSPS) is 12.3. The van der Waals surface area contributed by atoms with Crippen LogP contribution in [0.2, 0.25) is 5.02 Å².